The minimum absolute atomic E-state index is 0.124. The highest BCUT2D eigenvalue weighted by molar-refractivity contribution is 6.38. The maximum absolute atomic E-state index is 12.8. The fraction of sp³-hybridized carbons (Fsp3) is 0.105. The maximum Gasteiger partial charge on any atom is 0.287 e. The summed E-state index contributed by atoms with van der Waals surface area (Å²) in [6, 6.07) is 7.66. The van der Waals surface area contributed by atoms with Crippen molar-refractivity contribution in [3.05, 3.63) is 72.4 Å². The summed E-state index contributed by atoms with van der Waals surface area (Å²) in [5.41, 5.74) is 7.38. The summed E-state index contributed by atoms with van der Waals surface area (Å²) in [7, 11) is 0. The molecule has 0 aliphatic rings. The van der Waals surface area contributed by atoms with E-state index in [0.29, 0.717) is 16.8 Å². The van der Waals surface area contributed by atoms with E-state index in [0.717, 1.165) is 5.56 Å². The monoisotopic (exact) mass is 363 g/mol. The largest absolute Gasteiger partial charge is 0.366 e. The van der Waals surface area contributed by atoms with Gasteiger partial charge in [0.1, 0.15) is 6.04 Å². The van der Waals surface area contributed by atoms with Crippen LogP contribution in [0.5, 0.6) is 0 Å². The molecule has 0 radical (unpaired) electrons. The molecule has 1 unspecified atom stereocenters. The number of Topliss-reactive ketones (excluding diaryl/α,β-unsaturated/α-hetero) is 1. The number of nitrogens with one attached hydrogen (secondary N) is 2. The molecule has 0 spiro atoms. The van der Waals surface area contributed by atoms with Crippen molar-refractivity contribution >= 4 is 17.6 Å². The fourth-order valence-electron chi connectivity index (χ4n) is 2.66. The second kappa shape index (κ2) is 8.05. The minimum Gasteiger partial charge on any atom is -0.366 e. The van der Waals surface area contributed by atoms with Crippen LogP contribution in [0.2, 0.25) is 0 Å². The van der Waals surface area contributed by atoms with Gasteiger partial charge in [0.05, 0.1) is 11.3 Å². The quantitative estimate of drug-likeness (QED) is 0.536. The molecule has 27 heavy (non-hydrogen) atoms. The highest BCUT2D eigenvalue weighted by Gasteiger charge is 2.27. The number of nitrogens with two attached hydrogens (primary N) is 1. The number of aromatic nitrogens is 3. The van der Waals surface area contributed by atoms with Crippen molar-refractivity contribution in [2.75, 3.05) is 0 Å². The second-order valence-corrected chi connectivity index (χ2v) is 5.81. The lowest BCUT2D eigenvalue weighted by Gasteiger charge is -2.16. The third-order valence-corrected chi connectivity index (χ3v) is 3.98. The van der Waals surface area contributed by atoms with Crippen molar-refractivity contribution in [2.45, 2.75) is 12.5 Å². The number of hydrogen-bond donors (Lipinski definition) is 3. The Morgan fingerprint density at radius 2 is 1.85 bits per heavy atom. The Hall–Kier alpha value is -3.81. The molecule has 0 aliphatic carbocycles. The lowest BCUT2D eigenvalue weighted by Crippen LogP contribution is -2.47. The molecule has 0 bridgehead atoms. The highest BCUT2D eigenvalue weighted by atomic mass is 16.2. The number of aromatic amines is 1. The van der Waals surface area contributed by atoms with E-state index in [2.05, 4.69) is 20.3 Å². The van der Waals surface area contributed by atoms with E-state index in [1.54, 1.807) is 55.1 Å². The van der Waals surface area contributed by atoms with Crippen LogP contribution in [0.15, 0.2) is 61.3 Å². The van der Waals surface area contributed by atoms with E-state index >= 15 is 0 Å². The maximum atomic E-state index is 12.8. The summed E-state index contributed by atoms with van der Waals surface area (Å²) in [6.45, 7) is 0. The normalized spacial score (nSPS) is 11.6. The van der Waals surface area contributed by atoms with Gasteiger partial charge in [0.2, 0.25) is 5.78 Å². The Kier molecular flexibility index (Phi) is 5.36. The lowest BCUT2D eigenvalue weighted by molar-refractivity contribution is -0.137. The number of ketones is 1. The molecule has 0 aromatic carbocycles. The first kappa shape index (κ1) is 18.0. The van der Waals surface area contributed by atoms with Crippen LogP contribution in [-0.2, 0) is 16.0 Å². The van der Waals surface area contributed by atoms with Crippen LogP contribution in [0.1, 0.15) is 15.9 Å². The van der Waals surface area contributed by atoms with Gasteiger partial charge in [0.15, 0.2) is 0 Å². The van der Waals surface area contributed by atoms with E-state index in [-0.39, 0.29) is 6.42 Å². The van der Waals surface area contributed by atoms with Gasteiger partial charge >= 0.3 is 0 Å². The standard InChI is InChI=1S/C19H17N5O3/c20-18(26)17(25)16(9-12-4-7-21-8-5-12)24-19(27)14-11-22-10-13(14)15-3-1-2-6-23-15/h1-8,10-11,16,22H,9H2,(H2,20,26)(H,24,27). The zero-order valence-electron chi connectivity index (χ0n) is 14.3. The summed E-state index contributed by atoms with van der Waals surface area (Å²) in [6.07, 6.45) is 8.03. The van der Waals surface area contributed by atoms with Crippen molar-refractivity contribution in [1.82, 2.24) is 20.3 Å². The Labute approximate surface area is 154 Å². The van der Waals surface area contributed by atoms with Gasteiger partial charge in [-0.25, -0.2) is 0 Å². The summed E-state index contributed by atoms with van der Waals surface area (Å²) < 4.78 is 0. The first-order valence-electron chi connectivity index (χ1n) is 8.18. The van der Waals surface area contributed by atoms with Gasteiger partial charge < -0.3 is 16.0 Å². The summed E-state index contributed by atoms with van der Waals surface area (Å²) in [5, 5.41) is 2.60. The molecule has 3 aromatic heterocycles. The zero-order chi connectivity index (χ0) is 19.2. The number of hydrogen-bond acceptors (Lipinski definition) is 5. The summed E-state index contributed by atoms with van der Waals surface area (Å²) in [5.74, 6) is -2.48. The molecule has 136 valence electrons. The number of primary amides is 1. The second-order valence-electron chi connectivity index (χ2n) is 5.81. The average Bonchev–Trinajstić information content (AvgIpc) is 3.18. The Bertz CT molecular complexity index is 954. The Morgan fingerprint density at radius 3 is 2.52 bits per heavy atom. The molecule has 3 rings (SSSR count). The lowest BCUT2D eigenvalue weighted by atomic mass is 10.0. The van der Waals surface area contributed by atoms with Gasteiger partial charge in [-0.2, -0.15) is 0 Å². The van der Waals surface area contributed by atoms with E-state index in [9.17, 15) is 14.4 Å². The number of nitrogens with zero attached hydrogens (tertiary/aromatic N) is 2. The number of carbonyl (C=O) groups excluding carboxylic acids is 3. The van der Waals surface area contributed by atoms with Crippen LogP contribution in [0, 0.1) is 0 Å². The third kappa shape index (κ3) is 4.24. The smallest absolute Gasteiger partial charge is 0.287 e. The Morgan fingerprint density at radius 1 is 1.07 bits per heavy atom. The molecule has 0 aliphatic heterocycles. The van der Waals surface area contributed by atoms with Crippen molar-refractivity contribution in [3.8, 4) is 11.3 Å². The molecular weight excluding hydrogens is 346 g/mol. The van der Waals surface area contributed by atoms with Gasteiger partial charge in [0, 0.05) is 43.0 Å². The molecule has 2 amide bonds. The van der Waals surface area contributed by atoms with E-state index in [1.807, 2.05) is 0 Å². The molecule has 1 atom stereocenters. The molecule has 3 aromatic rings. The van der Waals surface area contributed by atoms with Gasteiger partial charge in [-0.15, -0.1) is 0 Å². The summed E-state index contributed by atoms with van der Waals surface area (Å²) in [4.78, 5) is 47.3. The highest BCUT2D eigenvalue weighted by Crippen LogP contribution is 2.21. The summed E-state index contributed by atoms with van der Waals surface area (Å²) >= 11 is 0. The van der Waals surface area contributed by atoms with Gasteiger partial charge in [-0.3, -0.25) is 24.4 Å². The van der Waals surface area contributed by atoms with Crippen LogP contribution in [0.25, 0.3) is 11.3 Å². The predicted octanol–water partition coefficient (Wildman–Crippen LogP) is 0.867. The molecule has 0 saturated carbocycles. The molecule has 0 fully saturated rings. The van der Waals surface area contributed by atoms with Crippen LogP contribution in [-0.4, -0.2) is 38.6 Å². The van der Waals surface area contributed by atoms with Crippen molar-refractivity contribution < 1.29 is 14.4 Å². The van der Waals surface area contributed by atoms with Crippen LogP contribution < -0.4 is 11.1 Å². The SMILES string of the molecule is NC(=O)C(=O)C(Cc1ccncc1)NC(=O)c1c[nH]cc1-c1ccccn1. The zero-order valence-corrected chi connectivity index (χ0v) is 14.3. The van der Waals surface area contributed by atoms with Crippen LogP contribution in [0.3, 0.4) is 0 Å². The van der Waals surface area contributed by atoms with E-state index in [1.165, 1.54) is 6.20 Å². The molecule has 0 saturated heterocycles. The van der Waals surface area contributed by atoms with Crippen molar-refractivity contribution in [3.63, 3.8) is 0 Å². The van der Waals surface area contributed by atoms with Gasteiger partial charge in [0.25, 0.3) is 11.8 Å². The molecular formula is C19H17N5O3. The van der Waals surface area contributed by atoms with Crippen LogP contribution in [0.4, 0.5) is 0 Å². The number of amides is 2. The minimum atomic E-state index is -1.10. The first-order valence-corrected chi connectivity index (χ1v) is 8.18. The van der Waals surface area contributed by atoms with E-state index < -0.39 is 23.6 Å². The number of carbonyl (C=O) groups is 3. The number of H-pyrrole nitrogens is 1. The Balaban J connectivity index is 1.84. The van der Waals surface area contributed by atoms with Crippen LogP contribution >= 0.6 is 0 Å². The topological polar surface area (TPSA) is 131 Å². The molecule has 4 N–H and O–H groups in total. The predicted molar refractivity (Wildman–Crippen MR) is 97.4 cm³/mol. The van der Waals surface area contributed by atoms with E-state index in [4.69, 9.17) is 5.73 Å². The molecule has 8 nitrogen and oxygen atoms in total. The molecule has 3 heterocycles. The molecule has 8 heteroatoms. The fourth-order valence-corrected chi connectivity index (χ4v) is 2.66. The van der Waals surface area contributed by atoms with Crippen molar-refractivity contribution in [2.24, 2.45) is 5.73 Å². The number of pyridine rings is 2. The third-order valence-electron chi connectivity index (χ3n) is 3.98. The first-order chi connectivity index (χ1) is 13.1. The average molecular weight is 363 g/mol. The van der Waals surface area contributed by atoms with Gasteiger partial charge in [-0.05, 0) is 29.8 Å². The van der Waals surface area contributed by atoms with Crippen molar-refractivity contribution in [1.29, 1.82) is 0 Å². The number of rotatable bonds is 7. The van der Waals surface area contributed by atoms with Gasteiger partial charge in [-0.1, -0.05) is 6.07 Å².